The summed E-state index contributed by atoms with van der Waals surface area (Å²) in [7, 11) is 0. The largest absolute Gasteiger partial charge is 0.432 e. The first-order valence-electron chi connectivity index (χ1n) is 10.7. The van der Waals surface area contributed by atoms with Gasteiger partial charge in [0.05, 0.1) is 18.1 Å². The molecule has 5 fully saturated rings. The Balaban J connectivity index is 1.67. The predicted molar refractivity (Wildman–Crippen MR) is 101 cm³/mol. The number of hydrogen-bond donors (Lipinski definition) is 5. The number of aliphatic hydroxyl groups excluding tert-OH is 5. The molecule has 30 heavy (non-hydrogen) atoms. The van der Waals surface area contributed by atoms with Gasteiger partial charge in [0, 0.05) is 11.8 Å². The lowest BCUT2D eigenvalue weighted by Gasteiger charge is -2.63. The van der Waals surface area contributed by atoms with Crippen molar-refractivity contribution in [2.24, 2.45) is 28.1 Å². The lowest BCUT2D eigenvalue weighted by atomic mass is 9.38. The number of ketones is 1. The molecule has 170 valence electrons. The van der Waals surface area contributed by atoms with Gasteiger partial charge in [-0.2, -0.15) is 0 Å². The smallest absolute Gasteiger partial charge is 0.315 e. The number of fused-ring (bicyclic) bond motifs is 2. The Kier molecular flexibility index (Phi) is 5.12. The molecular weight excluding hydrogens is 396 g/mol. The van der Waals surface area contributed by atoms with Crippen molar-refractivity contribution in [1.82, 2.24) is 0 Å². The molecule has 11 unspecified atom stereocenters. The first-order chi connectivity index (χ1) is 13.9. The summed E-state index contributed by atoms with van der Waals surface area (Å²) < 4.78 is 10.9. The fourth-order valence-electron chi connectivity index (χ4n) is 6.78. The minimum absolute atomic E-state index is 0.0285. The van der Waals surface area contributed by atoms with Crippen molar-refractivity contribution in [2.45, 2.75) is 83.3 Å². The number of aliphatic hydroxyl groups is 5. The van der Waals surface area contributed by atoms with Gasteiger partial charge in [-0.1, -0.05) is 13.8 Å². The molecule has 5 rings (SSSR count). The van der Waals surface area contributed by atoms with Crippen LogP contribution in [-0.4, -0.2) is 80.7 Å². The highest BCUT2D eigenvalue weighted by Gasteiger charge is 2.75. The van der Waals surface area contributed by atoms with Gasteiger partial charge in [-0.05, 0) is 43.4 Å². The summed E-state index contributed by atoms with van der Waals surface area (Å²) in [6, 6.07) is 0. The van der Waals surface area contributed by atoms with E-state index in [0.29, 0.717) is 19.3 Å². The predicted octanol–water partition coefficient (Wildman–Crippen LogP) is -0.888. The summed E-state index contributed by atoms with van der Waals surface area (Å²) in [6.45, 7) is 4.75. The van der Waals surface area contributed by atoms with E-state index in [9.17, 15) is 35.1 Å². The lowest BCUT2D eigenvalue weighted by molar-refractivity contribution is -0.300. The Labute approximate surface area is 175 Å². The van der Waals surface area contributed by atoms with Crippen LogP contribution in [0.2, 0.25) is 0 Å². The van der Waals surface area contributed by atoms with Gasteiger partial charge in [0.1, 0.15) is 30.2 Å². The fraction of sp³-hybridized carbons (Fsp3) is 0.905. The van der Waals surface area contributed by atoms with Crippen LogP contribution < -0.4 is 0 Å². The Morgan fingerprint density at radius 3 is 2.40 bits per heavy atom. The first kappa shape index (κ1) is 22.1. The van der Waals surface area contributed by atoms with Crippen molar-refractivity contribution >= 4 is 11.8 Å². The van der Waals surface area contributed by atoms with E-state index in [1.54, 1.807) is 13.8 Å². The molecule has 0 aromatic rings. The van der Waals surface area contributed by atoms with Gasteiger partial charge in [0.15, 0.2) is 0 Å². The normalized spacial score (nSPS) is 55.4. The highest BCUT2D eigenvalue weighted by Crippen LogP contribution is 2.73. The molecule has 1 heterocycles. The van der Waals surface area contributed by atoms with Crippen LogP contribution in [-0.2, 0) is 19.1 Å². The average Bonchev–Trinajstić information content (AvgIpc) is 2.96. The van der Waals surface area contributed by atoms with E-state index in [-0.39, 0.29) is 17.6 Å². The summed E-state index contributed by atoms with van der Waals surface area (Å²) in [6.07, 6.45) is -6.39. The third kappa shape index (κ3) is 2.56. The summed E-state index contributed by atoms with van der Waals surface area (Å²) in [4.78, 5) is 26.7. The summed E-state index contributed by atoms with van der Waals surface area (Å²) in [5.74, 6) is -1.17. The minimum Gasteiger partial charge on any atom is -0.432 e. The van der Waals surface area contributed by atoms with Crippen LogP contribution in [0.4, 0.5) is 0 Å². The van der Waals surface area contributed by atoms with Crippen LogP contribution in [0, 0.1) is 28.1 Å². The molecule has 9 nitrogen and oxygen atoms in total. The SMILES string of the molecule is CC1C(O)CC2C13CCC(C)(C(=O)C3)C2(C)C(=O)OC1OC(CO)C(O)C(O)C1O. The second-order valence-corrected chi connectivity index (χ2v) is 10.1. The van der Waals surface area contributed by atoms with Crippen molar-refractivity contribution < 1.29 is 44.6 Å². The quantitative estimate of drug-likeness (QED) is 0.360. The molecule has 0 amide bonds. The number of Topliss-reactive ketones (excluding diaryl/α,β-unsaturated/α-hetero) is 1. The summed E-state index contributed by atoms with van der Waals surface area (Å²) in [5.41, 5.74) is -2.70. The van der Waals surface area contributed by atoms with Crippen LogP contribution >= 0.6 is 0 Å². The van der Waals surface area contributed by atoms with Gasteiger partial charge >= 0.3 is 5.97 Å². The number of carbonyl (C=O) groups excluding carboxylic acids is 2. The second kappa shape index (κ2) is 6.95. The van der Waals surface area contributed by atoms with E-state index < -0.39 is 65.6 Å². The molecule has 9 heteroatoms. The van der Waals surface area contributed by atoms with E-state index in [1.165, 1.54) is 0 Å². The van der Waals surface area contributed by atoms with Crippen LogP contribution in [0.5, 0.6) is 0 Å². The minimum atomic E-state index is -1.71. The highest BCUT2D eigenvalue weighted by molar-refractivity contribution is 5.95. The van der Waals surface area contributed by atoms with Crippen molar-refractivity contribution in [2.75, 3.05) is 6.61 Å². The van der Waals surface area contributed by atoms with E-state index in [4.69, 9.17) is 9.47 Å². The molecule has 1 spiro atoms. The maximum Gasteiger partial charge on any atom is 0.315 e. The van der Waals surface area contributed by atoms with Crippen molar-refractivity contribution in [3.63, 3.8) is 0 Å². The number of esters is 1. The molecule has 5 N–H and O–H groups in total. The zero-order chi connectivity index (χ0) is 22.2. The molecule has 5 aliphatic rings. The Bertz CT molecular complexity index is 740. The zero-order valence-electron chi connectivity index (χ0n) is 17.5. The molecule has 4 saturated carbocycles. The van der Waals surface area contributed by atoms with Crippen molar-refractivity contribution in [3.8, 4) is 0 Å². The molecule has 2 bridgehead atoms. The number of ether oxygens (including phenoxy) is 2. The maximum absolute atomic E-state index is 13.6. The molecule has 0 aromatic heterocycles. The highest BCUT2D eigenvalue weighted by atomic mass is 16.7. The number of rotatable bonds is 3. The Hall–Kier alpha value is -1.10. The van der Waals surface area contributed by atoms with Gasteiger partial charge in [0.2, 0.25) is 6.29 Å². The monoisotopic (exact) mass is 428 g/mol. The van der Waals surface area contributed by atoms with E-state index in [0.717, 1.165) is 6.42 Å². The van der Waals surface area contributed by atoms with Gasteiger partial charge in [-0.15, -0.1) is 0 Å². The van der Waals surface area contributed by atoms with Crippen LogP contribution in [0.15, 0.2) is 0 Å². The third-order valence-electron chi connectivity index (χ3n) is 9.19. The second-order valence-electron chi connectivity index (χ2n) is 10.1. The van der Waals surface area contributed by atoms with Crippen LogP contribution in [0.3, 0.4) is 0 Å². The van der Waals surface area contributed by atoms with E-state index >= 15 is 0 Å². The first-order valence-corrected chi connectivity index (χ1v) is 10.7. The van der Waals surface area contributed by atoms with Gasteiger partial charge in [-0.25, -0.2) is 0 Å². The molecule has 1 saturated heterocycles. The average molecular weight is 428 g/mol. The zero-order valence-corrected chi connectivity index (χ0v) is 17.5. The number of hydrogen-bond acceptors (Lipinski definition) is 9. The molecular formula is C21H32O9. The molecule has 1 aliphatic heterocycles. The van der Waals surface area contributed by atoms with Crippen LogP contribution in [0.25, 0.3) is 0 Å². The van der Waals surface area contributed by atoms with Gasteiger partial charge in [0.25, 0.3) is 0 Å². The maximum atomic E-state index is 13.6. The Morgan fingerprint density at radius 2 is 1.80 bits per heavy atom. The summed E-state index contributed by atoms with van der Waals surface area (Å²) in [5, 5.41) is 50.2. The third-order valence-corrected chi connectivity index (χ3v) is 9.19. The molecule has 4 aliphatic carbocycles. The van der Waals surface area contributed by atoms with Crippen molar-refractivity contribution in [1.29, 1.82) is 0 Å². The fourth-order valence-corrected chi connectivity index (χ4v) is 6.78. The topological polar surface area (TPSA) is 154 Å². The molecule has 11 atom stereocenters. The lowest BCUT2D eigenvalue weighted by Crippen LogP contribution is -2.67. The molecule has 0 radical (unpaired) electrons. The standard InChI is InChI=1S/C21H32O9/c1-9-10(23)6-12-20(3,19(2)4-5-21(9,12)7-13(19)24)18(28)30-17-16(27)15(26)14(25)11(8-22)29-17/h9-12,14-17,22-23,25-27H,4-8H2,1-3H3. The Morgan fingerprint density at radius 1 is 1.13 bits per heavy atom. The van der Waals surface area contributed by atoms with Gasteiger partial charge in [-0.3, -0.25) is 9.59 Å². The summed E-state index contributed by atoms with van der Waals surface area (Å²) >= 11 is 0. The van der Waals surface area contributed by atoms with E-state index in [1.807, 2.05) is 6.92 Å². The van der Waals surface area contributed by atoms with Crippen molar-refractivity contribution in [3.05, 3.63) is 0 Å². The van der Waals surface area contributed by atoms with E-state index in [2.05, 4.69) is 0 Å². The number of carbonyl (C=O) groups is 2. The van der Waals surface area contributed by atoms with Crippen LogP contribution in [0.1, 0.15) is 46.5 Å². The molecule has 0 aromatic carbocycles. The van der Waals surface area contributed by atoms with Gasteiger partial charge < -0.3 is 35.0 Å².